The Morgan fingerprint density at radius 2 is 0.786 bits per heavy atom. The molecule has 28 heavy (non-hydrogen) atoms. The van der Waals surface area contributed by atoms with E-state index in [0.29, 0.717) is 0 Å². The first-order chi connectivity index (χ1) is 13.8. The molecule has 0 nitrogen and oxygen atoms in total. The third kappa shape index (κ3) is 2.69. The fourth-order valence-corrected chi connectivity index (χ4v) is 4.59. The predicted octanol–water partition coefficient (Wildman–Crippen LogP) is 8.63. The Labute approximate surface area is 174 Å². The van der Waals surface area contributed by atoms with E-state index >= 15 is 0 Å². The SMILES string of the molecule is Clc1cccc2c(-c3ccccc3)c3c(Cl)cccc3c(-c3ccccc3)c12. The van der Waals surface area contributed by atoms with Crippen LogP contribution >= 0.6 is 23.2 Å². The van der Waals surface area contributed by atoms with E-state index in [9.17, 15) is 0 Å². The molecule has 0 aliphatic carbocycles. The van der Waals surface area contributed by atoms with Gasteiger partial charge in [-0.2, -0.15) is 0 Å². The highest BCUT2D eigenvalue weighted by Crippen LogP contribution is 2.47. The highest BCUT2D eigenvalue weighted by atomic mass is 35.5. The Morgan fingerprint density at radius 3 is 1.18 bits per heavy atom. The van der Waals surface area contributed by atoms with Gasteiger partial charge >= 0.3 is 0 Å². The van der Waals surface area contributed by atoms with Gasteiger partial charge in [0, 0.05) is 20.8 Å². The normalized spacial score (nSPS) is 11.2. The van der Waals surface area contributed by atoms with E-state index in [4.69, 9.17) is 23.2 Å². The van der Waals surface area contributed by atoms with E-state index in [1.807, 2.05) is 36.4 Å². The lowest BCUT2D eigenvalue weighted by molar-refractivity contribution is 1.65. The Balaban J connectivity index is 2.09. The predicted molar refractivity (Wildman–Crippen MR) is 122 cm³/mol. The summed E-state index contributed by atoms with van der Waals surface area (Å²) in [7, 11) is 0. The summed E-state index contributed by atoms with van der Waals surface area (Å²) >= 11 is 13.6. The number of fused-ring (bicyclic) bond motifs is 2. The third-order valence-electron chi connectivity index (χ3n) is 5.19. The summed E-state index contributed by atoms with van der Waals surface area (Å²) in [5.74, 6) is 0. The van der Waals surface area contributed by atoms with Crippen LogP contribution in [-0.2, 0) is 0 Å². The summed E-state index contributed by atoms with van der Waals surface area (Å²) < 4.78 is 0. The van der Waals surface area contributed by atoms with Gasteiger partial charge < -0.3 is 0 Å². The lowest BCUT2D eigenvalue weighted by atomic mass is 9.86. The fraction of sp³-hybridized carbons (Fsp3) is 0. The zero-order chi connectivity index (χ0) is 19.1. The van der Waals surface area contributed by atoms with Crippen LogP contribution in [0.3, 0.4) is 0 Å². The van der Waals surface area contributed by atoms with E-state index in [2.05, 4.69) is 60.7 Å². The molecule has 0 aromatic heterocycles. The van der Waals surface area contributed by atoms with Gasteiger partial charge in [-0.25, -0.2) is 0 Å². The van der Waals surface area contributed by atoms with Crippen LogP contribution in [0.2, 0.25) is 10.0 Å². The first-order valence-corrected chi connectivity index (χ1v) is 9.94. The summed E-state index contributed by atoms with van der Waals surface area (Å²) in [6.07, 6.45) is 0. The third-order valence-corrected chi connectivity index (χ3v) is 5.82. The number of rotatable bonds is 2. The van der Waals surface area contributed by atoms with Gasteiger partial charge in [0.1, 0.15) is 0 Å². The molecule has 0 radical (unpaired) electrons. The molecule has 0 saturated heterocycles. The number of halogens is 2. The van der Waals surface area contributed by atoms with Crippen molar-refractivity contribution in [1.82, 2.24) is 0 Å². The van der Waals surface area contributed by atoms with Gasteiger partial charge in [0.05, 0.1) is 0 Å². The van der Waals surface area contributed by atoms with Crippen LogP contribution in [-0.4, -0.2) is 0 Å². The van der Waals surface area contributed by atoms with Crippen LogP contribution in [0.15, 0.2) is 97.1 Å². The second-order valence-corrected chi connectivity index (χ2v) is 7.62. The topological polar surface area (TPSA) is 0 Å². The highest BCUT2D eigenvalue weighted by Gasteiger charge is 2.19. The first kappa shape index (κ1) is 17.3. The molecule has 0 N–H and O–H groups in total. The standard InChI is InChI=1S/C26H16Cl2/c27-21-15-8-14-20-24(18-11-5-2-6-12-18)26-19(13-7-16-22(26)28)23(25(20)21)17-9-3-1-4-10-17/h1-16H. The molecular weight excluding hydrogens is 383 g/mol. The molecule has 5 aromatic rings. The van der Waals surface area contributed by atoms with Gasteiger partial charge in [0.2, 0.25) is 0 Å². The van der Waals surface area contributed by atoms with Crippen LogP contribution in [0.1, 0.15) is 0 Å². The lowest BCUT2D eigenvalue weighted by Crippen LogP contribution is -1.92. The van der Waals surface area contributed by atoms with Crippen molar-refractivity contribution >= 4 is 44.7 Å². The van der Waals surface area contributed by atoms with Crippen molar-refractivity contribution in [3.8, 4) is 22.3 Å². The zero-order valence-electron chi connectivity index (χ0n) is 15.0. The molecule has 0 bridgehead atoms. The van der Waals surface area contributed by atoms with Crippen LogP contribution in [0.25, 0.3) is 43.8 Å². The Hall–Kier alpha value is -2.80. The van der Waals surface area contributed by atoms with Crippen molar-refractivity contribution in [1.29, 1.82) is 0 Å². The van der Waals surface area contributed by atoms with Crippen molar-refractivity contribution < 1.29 is 0 Å². The summed E-state index contributed by atoms with van der Waals surface area (Å²) in [6.45, 7) is 0. The second kappa shape index (κ2) is 6.98. The van der Waals surface area contributed by atoms with Crippen LogP contribution in [0.5, 0.6) is 0 Å². The second-order valence-electron chi connectivity index (χ2n) is 6.81. The fourth-order valence-electron chi connectivity index (χ4n) is 4.05. The van der Waals surface area contributed by atoms with E-state index in [1.54, 1.807) is 0 Å². The maximum absolute atomic E-state index is 6.78. The minimum absolute atomic E-state index is 0.746. The molecule has 5 aromatic carbocycles. The van der Waals surface area contributed by atoms with Gasteiger partial charge in [-0.15, -0.1) is 0 Å². The van der Waals surface area contributed by atoms with E-state index in [0.717, 1.165) is 53.8 Å². The molecule has 0 fully saturated rings. The molecular formula is C26H16Cl2. The number of hydrogen-bond donors (Lipinski definition) is 0. The molecule has 0 heterocycles. The van der Waals surface area contributed by atoms with Gasteiger partial charge in [-0.3, -0.25) is 0 Å². The van der Waals surface area contributed by atoms with Crippen LogP contribution in [0.4, 0.5) is 0 Å². The van der Waals surface area contributed by atoms with E-state index < -0.39 is 0 Å². The monoisotopic (exact) mass is 398 g/mol. The summed E-state index contributed by atoms with van der Waals surface area (Å²) in [4.78, 5) is 0. The summed E-state index contributed by atoms with van der Waals surface area (Å²) in [6, 6.07) is 33.0. The van der Waals surface area contributed by atoms with Crippen molar-refractivity contribution in [3.63, 3.8) is 0 Å². The van der Waals surface area contributed by atoms with Gasteiger partial charge in [-0.1, -0.05) is 108 Å². The number of hydrogen-bond acceptors (Lipinski definition) is 0. The molecule has 0 saturated carbocycles. The average Bonchev–Trinajstić information content (AvgIpc) is 2.74. The maximum Gasteiger partial charge on any atom is 0.0491 e. The Morgan fingerprint density at radius 1 is 0.393 bits per heavy atom. The summed E-state index contributed by atoms with van der Waals surface area (Å²) in [5.41, 5.74) is 4.51. The van der Waals surface area contributed by atoms with Crippen LogP contribution in [0, 0.1) is 0 Å². The molecule has 2 heteroatoms. The van der Waals surface area contributed by atoms with E-state index in [-0.39, 0.29) is 0 Å². The minimum atomic E-state index is 0.746. The van der Waals surface area contributed by atoms with E-state index in [1.165, 1.54) is 0 Å². The molecule has 5 rings (SSSR count). The zero-order valence-corrected chi connectivity index (χ0v) is 16.5. The lowest BCUT2D eigenvalue weighted by Gasteiger charge is -2.19. The first-order valence-electron chi connectivity index (χ1n) is 9.19. The molecule has 0 aliphatic rings. The van der Waals surface area contributed by atoms with Crippen molar-refractivity contribution in [3.05, 3.63) is 107 Å². The molecule has 0 atom stereocenters. The summed E-state index contributed by atoms with van der Waals surface area (Å²) in [5, 5.41) is 5.83. The molecule has 0 unspecified atom stereocenters. The van der Waals surface area contributed by atoms with Crippen molar-refractivity contribution in [2.75, 3.05) is 0 Å². The van der Waals surface area contributed by atoms with Crippen LogP contribution < -0.4 is 0 Å². The maximum atomic E-state index is 6.78. The average molecular weight is 399 g/mol. The van der Waals surface area contributed by atoms with Gasteiger partial charge in [0.15, 0.2) is 0 Å². The molecule has 0 spiro atoms. The minimum Gasteiger partial charge on any atom is -0.0836 e. The molecule has 134 valence electrons. The van der Waals surface area contributed by atoms with Crippen molar-refractivity contribution in [2.24, 2.45) is 0 Å². The molecule has 0 aliphatic heterocycles. The number of benzene rings is 5. The van der Waals surface area contributed by atoms with Gasteiger partial charge in [-0.05, 0) is 45.2 Å². The van der Waals surface area contributed by atoms with Gasteiger partial charge in [0.25, 0.3) is 0 Å². The largest absolute Gasteiger partial charge is 0.0836 e. The quantitative estimate of drug-likeness (QED) is 0.261. The van der Waals surface area contributed by atoms with Crippen molar-refractivity contribution in [2.45, 2.75) is 0 Å². The highest BCUT2D eigenvalue weighted by molar-refractivity contribution is 6.42. The Bertz CT molecular complexity index is 1200. The molecule has 0 amide bonds. The smallest absolute Gasteiger partial charge is 0.0491 e. The Kier molecular flexibility index (Phi) is 4.31.